The zero-order chi connectivity index (χ0) is 18.5. The minimum Gasteiger partial charge on any atom is -0.469 e. The lowest BCUT2D eigenvalue weighted by atomic mass is 10.2. The van der Waals surface area contributed by atoms with Crippen molar-refractivity contribution in [2.45, 2.75) is 26.3 Å². The molecule has 0 fully saturated rings. The van der Waals surface area contributed by atoms with Crippen LogP contribution in [0.15, 0.2) is 36.4 Å². The Labute approximate surface area is 155 Å². The summed E-state index contributed by atoms with van der Waals surface area (Å²) in [5.41, 5.74) is 2.08. The van der Waals surface area contributed by atoms with Crippen LogP contribution in [0.1, 0.15) is 33.8 Å². The number of nitrogens with one attached hydrogen (secondary N) is 1. The number of aromatic nitrogens is 2. The monoisotopic (exact) mass is 371 g/mol. The fourth-order valence-corrected chi connectivity index (χ4v) is 3.79. The molecule has 0 saturated heterocycles. The normalized spacial score (nSPS) is 10.8. The van der Waals surface area contributed by atoms with Crippen molar-refractivity contribution in [2.24, 2.45) is 0 Å². The lowest BCUT2D eigenvalue weighted by Crippen LogP contribution is -2.24. The number of amides is 1. The van der Waals surface area contributed by atoms with Crippen LogP contribution in [0.3, 0.4) is 0 Å². The van der Waals surface area contributed by atoms with Gasteiger partial charge >= 0.3 is 5.97 Å². The number of nitrogens with zero attached hydrogens (tertiary/aromatic N) is 2. The topological polar surface area (TPSA) is 73.2 Å². The summed E-state index contributed by atoms with van der Waals surface area (Å²) < 4.78 is 6.53. The van der Waals surface area contributed by atoms with E-state index >= 15 is 0 Å². The van der Waals surface area contributed by atoms with Gasteiger partial charge < -0.3 is 10.1 Å². The molecule has 2 heterocycles. The first-order valence-corrected chi connectivity index (χ1v) is 9.26. The highest BCUT2D eigenvalue weighted by atomic mass is 32.1. The number of hydrogen-bond donors (Lipinski definition) is 1. The quantitative estimate of drug-likeness (QED) is 0.511. The Morgan fingerprint density at radius 2 is 2.04 bits per heavy atom. The first kappa shape index (κ1) is 18.1. The summed E-state index contributed by atoms with van der Waals surface area (Å²) in [4.78, 5) is 25.1. The molecular formula is C19H21N3O3S. The largest absolute Gasteiger partial charge is 0.469 e. The van der Waals surface area contributed by atoms with Gasteiger partial charge in [-0.3, -0.25) is 14.3 Å². The number of aryl methyl sites for hydroxylation is 1. The van der Waals surface area contributed by atoms with E-state index in [1.165, 1.54) is 24.0 Å². The van der Waals surface area contributed by atoms with Crippen LogP contribution in [0.25, 0.3) is 10.2 Å². The van der Waals surface area contributed by atoms with Crippen LogP contribution < -0.4 is 5.32 Å². The Kier molecular flexibility index (Phi) is 5.68. The maximum Gasteiger partial charge on any atom is 0.305 e. The van der Waals surface area contributed by atoms with Gasteiger partial charge in [0.2, 0.25) is 0 Å². The van der Waals surface area contributed by atoms with E-state index in [1.807, 2.05) is 35.9 Å². The molecule has 6 nitrogen and oxygen atoms in total. The van der Waals surface area contributed by atoms with Crippen LogP contribution in [0.5, 0.6) is 0 Å². The van der Waals surface area contributed by atoms with Crippen LogP contribution in [0, 0.1) is 6.92 Å². The van der Waals surface area contributed by atoms with Crippen LogP contribution in [-0.2, 0) is 16.1 Å². The van der Waals surface area contributed by atoms with Gasteiger partial charge in [-0.15, -0.1) is 11.3 Å². The number of carbonyl (C=O) groups excluding carboxylic acids is 2. The van der Waals surface area contributed by atoms with Crippen molar-refractivity contribution in [2.75, 3.05) is 13.7 Å². The third-order valence-corrected chi connectivity index (χ3v) is 5.22. The predicted molar refractivity (Wildman–Crippen MR) is 101 cm³/mol. The highest BCUT2D eigenvalue weighted by Gasteiger charge is 2.16. The van der Waals surface area contributed by atoms with E-state index in [1.54, 1.807) is 0 Å². The first-order chi connectivity index (χ1) is 12.6. The zero-order valence-corrected chi connectivity index (χ0v) is 15.6. The van der Waals surface area contributed by atoms with E-state index in [-0.39, 0.29) is 11.9 Å². The molecule has 0 spiro atoms. The molecule has 0 aliphatic carbocycles. The van der Waals surface area contributed by atoms with E-state index in [0.717, 1.165) is 15.9 Å². The Morgan fingerprint density at radius 3 is 2.77 bits per heavy atom. The molecule has 3 aromatic rings. The molecule has 1 aromatic carbocycles. The number of thiophene rings is 1. The maximum atomic E-state index is 12.4. The van der Waals surface area contributed by atoms with Gasteiger partial charge in [0.25, 0.3) is 5.91 Å². The second-order valence-corrected chi connectivity index (χ2v) is 7.02. The predicted octanol–water partition coefficient (Wildman–Crippen LogP) is 3.14. The number of methoxy groups -OCH3 is 1. The fourth-order valence-electron chi connectivity index (χ4n) is 2.71. The molecule has 0 bridgehead atoms. The van der Waals surface area contributed by atoms with Crippen LogP contribution >= 0.6 is 11.3 Å². The second kappa shape index (κ2) is 8.14. The van der Waals surface area contributed by atoms with Gasteiger partial charge in [0.05, 0.1) is 24.2 Å². The third-order valence-electron chi connectivity index (χ3n) is 4.08. The number of rotatable bonds is 7. The molecule has 3 rings (SSSR count). The smallest absolute Gasteiger partial charge is 0.305 e. The summed E-state index contributed by atoms with van der Waals surface area (Å²) in [6, 6.07) is 12.0. The third kappa shape index (κ3) is 4.11. The Morgan fingerprint density at radius 1 is 1.27 bits per heavy atom. The SMILES string of the molecule is COC(=O)CCCNC(=O)c1cc2c(C)nn(Cc3ccccc3)c2s1. The summed E-state index contributed by atoms with van der Waals surface area (Å²) in [6.45, 7) is 3.07. The Hall–Kier alpha value is -2.67. The summed E-state index contributed by atoms with van der Waals surface area (Å²) in [5.74, 6) is -0.389. The van der Waals surface area contributed by atoms with Crippen molar-refractivity contribution < 1.29 is 14.3 Å². The molecule has 1 N–H and O–H groups in total. The van der Waals surface area contributed by atoms with Gasteiger partial charge in [0.15, 0.2) is 0 Å². The average Bonchev–Trinajstić information content (AvgIpc) is 3.21. The molecule has 1 amide bonds. The highest BCUT2D eigenvalue weighted by molar-refractivity contribution is 7.20. The van der Waals surface area contributed by atoms with E-state index in [4.69, 9.17) is 0 Å². The standard InChI is InChI=1S/C19H21N3O3S/c1-13-15-11-16(18(24)20-10-6-9-17(23)25-2)26-19(15)22(21-13)12-14-7-4-3-5-8-14/h3-5,7-8,11H,6,9-10,12H2,1-2H3,(H,20,24). The molecule has 0 aliphatic heterocycles. The summed E-state index contributed by atoms with van der Waals surface area (Å²) >= 11 is 1.44. The minimum atomic E-state index is -0.266. The van der Waals surface area contributed by atoms with Gasteiger partial charge in [-0.2, -0.15) is 5.10 Å². The van der Waals surface area contributed by atoms with Crippen molar-refractivity contribution in [3.63, 3.8) is 0 Å². The van der Waals surface area contributed by atoms with Gasteiger partial charge in [-0.05, 0) is 25.0 Å². The van der Waals surface area contributed by atoms with Crippen LogP contribution in [0.4, 0.5) is 0 Å². The van der Waals surface area contributed by atoms with E-state index in [9.17, 15) is 9.59 Å². The Balaban J connectivity index is 1.69. The second-order valence-electron chi connectivity index (χ2n) is 5.99. The molecule has 0 radical (unpaired) electrons. The lowest BCUT2D eigenvalue weighted by molar-refractivity contribution is -0.140. The average molecular weight is 371 g/mol. The minimum absolute atomic E-state index is 0.123. The van der Waals surface area contributed by atoms with E-state index in [2.05, 4.69) is 27.3 Å². The Bertz CT molecular complexity index is 915. The molecule has 26 heavy (non-hydrogen) atoms. The van der Waals surface area contributed by atoms with Gasteiger partial charge in [-0.1, -0.05) is 30.3 Å². The molecule has 0 aliphatic rings. The zero-order valence-electron chi connectivity index (χ0n) is 14.8. The van der Waals surface area contributed by atoms with Crippen LogP contribution in [0.2, 0.25) is 0 Å². The molecule has 0 atom stereocenters. The number of hydrogen-bond acceptors (Lipinski definition) is 5. The molecule has 0 saturated carbocycles. The number of benzene rings is 1. The van der Waals surface area contributed by atoms with Crippen molar-refractivity contribution >= 4 is 33.4 Å². The summed E-state index contributed by atoms with van der Waals surface area (Å²) in [6.07, 6.45) is 0.860. The van der Waals surface area contributed by atoms with E-state index < -0.39 is 0 Å². The van der Waals surface area contributed by atoms with Gasteiger partial charge in [0, 0.05) is 18.4 Å². The van der Waals surface area contributed by atoms with Crippen molar-refractivity contribution in [1.82, 2.24) is 15.1 Å². The van der Waals surface area contributed by atoms with Gasteiger partial charge in [0.1, 0.15) is 4.83 Å². The van der Waals surface area contributed by atoms with E-state index in [0.29, 0.717) is 30.8 Å². The summed E-state index contributed by atoms with van der Waals surface area (Å²) in [5, 5.41) is 8.45. The van der Waals surface area contributed by atoms with Gasteiger partial charge in [-0.25, -0.2) is 0 Å². The number of carbonyl (C=O) groups is 2. The lowest BCUT2D eigenvalue weighted by Gasteiger charge is -2.03. The molecule has 7 heteroatoms. The van der Waals surface area contributed by atoms with Crippen molar-refractivity contribution in [3.05, 3.63) is 52.5 Å². The van der Waals surface area contributed by atoms with Crippen LogP contribution in [-0.4, -0.2) is 35.3 Å². The molecular weight excluding hydrogens is 350 g/mol. The molecule has 136 valence electrons. The molecule has 2 aromatic heterocycles. The first-order valence-electron chi connectivity index (χ1n) is 8.44. The van der Waals surface area contributed by atoms with Crippen molar-refractivity contribution in [3.8, 4) is 0 Å². The molecule has 0 unspecified atom stereocenters. The number of ether oxygens (including phenoxy) is 1. The highest BCUT2D eigenvalue weighted by Crippen LogP contribution is 2.28. The number of esters is 1. The summed E-state index contributed by atoms with van der Waals surface area (Å²) in [7, 11) is 1.36. The van der Waals surface area contributed by atoms with Crippen molar-refractivity contribution in [1.29, 1.82) is 0 Å². The number of fused-ring (bicyclic) bond motifs is 1. The maximum absolute atomic E-state index is 12.4. The fraction of sp³-hybridized carbons (Fsp3) is 0.316.